The minimum absolute atomic E-state index is 0.0103. The van der Waals surface area contributed by atoms with Crippen LogP contribution >= 0.6 is 22.9 Å². The van der Waals surface area contributed by atoms with Gasteiger partial charge in [0.1, 0.15) is 35.1 Å². The SMILES string of the molecule is COc1ccccc1-c1nccc(COc2ccc(CNCCCO)cc2CC(Oc2ncnc3sc(-c4ccc(F)cc4)c(-c4ccc(C=O)c(Cl)c4C)c23)C(=O)O)n1. The number of nitrogens with zero attached hydrogens (tertiary/aromatic N) is 4. The van der Waals surface area contributed by atoms with Gasteiger partial charge in [0.2, 0.25) is 12.0 Å². The number of hydrogen-bond donors (Lipinski definition) is 3. The largest absolute Gasteiger partial charge is 0.496 e. The van der Waals surface area contributed by atoms with Crippen molar-refractivity contribution in [1.29, 1.82) is 0 Å². The maximum Gasteiger partial charge on any atom is 0.345 e. The molecule has 1 unspecified atom stereocenters. The summed E-state index contributed by atoms with van der Waals surface area (Å²) in [5.41, 5.74) is 5.52. The molecule has 12 nitrogen and oxygen atoms in total. The van der Waals surface area contributed by atoms with Crippen LogP contribution in [0.3, 0.4) is 0 Å². The molecule has 3 aromatic heterocycles. The van der Waals surface area contributed by atoms with Crippen molar-refractivity contribution in [3.63, 3.8) is 0 Å². The van der Waals surface area contributed by atoms with Crippen molar-refractivity contribution >= 4 is 45.4 Å². The van der Waals surface area contributed by atoms with E-state index >= 15 is 0 Å². The van der Waals surface area contributed by atoms with Gasteiger partial charge in [-0.25, -0.2) is 29.1 Å². The van der Waals surface area contributed by atoms with Gasteiger partial charge in [-0.15, -0.1) is 11.3 Å². The number of carbonyl (C=O) groups excluding carboxylic acids is 1. The standard InChI is InChI=1S/C45H39ClFN5O7S/c1-26-33(14-11-29(23-54)40(26)46)38-39-43(50-25-51-44(39)60-41(38)28-9-12-31(47)13-10-28)59-37(45(55)56)21-30-20-27(22-48-17-5-19-53)8-15-35(30)58-24-32-16-18-49-42(52-32)34-6-3-4-7-36(34)57-2/h3-4,6-16,18,20,23,25,37,48,53H,5,17,19,21-22,24H2,1-2H3,(H,55,56). The number of aliphatic hydroxyl groups is 1. The zero-order valence-electron chi connectivity index (χ0n) is 32.5. The first-order valence-corrected chi connectivity index (χ1v) is 20.1. The third-order valence-corrected chi connectivity index (χ3v) is 11.4. The third kappa shape index (κ3) is 9.27. The van der Waals surface area contributed by atoms with Gasteiger partial charge in [-0.05, 0) is 90.2 Å². The van der Waals surface area contributed by atoms with E-state index in [0.29, 0.717) is 97.3 Å². The fraction of sp³-hybridized carbons (Fsp3) is 0.200. The first kappa shape index (κ1) is 41.8. The number of fused-ring (bicyclic) bond motifs is 1. The van der Waals surface area contributed by atoms with E-state index in [1.165, 1.54) is 29.8 Å². The topological polar surface area (TPSA) is 166 Å². The molecule has 0 saturated carbocycles. The summed E-state index contributed by atoms with van der Waals surface area (Å²) in [5, 5.41) is 23.9. The summed E-state index contributed by atoms with van der Waals surface area (Å²) in [5.74, 6) is -0.145. The van der Waals surface area contributed by atoms with E-state index in [1.807, 2.05) is 36.4 Å². The summed E-state index contributed by atoms with van der Waals surface area (Å²) in [4.78, 5) is 44.2. The van der Waals surface area contributed by atoms with E-state index < -0.39 is 17.9 Å². The quantitative estimate of drug-likeness (QED) is 0.0558. The molecule has 0 saturated heterocycles. The van der Waals surface area contributed by atoms with Crippen LogP contribution < -0.4 is 19.5 Å². The van der Waals surface area contributed by atoms with Crippen molar-refractivity contribution in [2.45, 2.75) is 39.0 Å². The summed E-state index contributed by atoms with van der Waals surface area (Å²) >= 11 is 7.98. The van der Waals surface area contributed by atoms with Gasteiger partial charge in [0.25, 0.3) is 0 Å². The highest BCUT2D eigenvalue weighted by Crippen LogP contribution is 2.49. The molecule has 0 radical (unpaired) electrons. The number of aliphatic carboxylic acids is 1. The monoisotopic (exact) mass is 847 g/mol. The molecule has 15 heteroatoms. The molecule has 306 valence electrons. The first-order chi connectivity index (χ1) is 29.2. The van der Waals surface area contributed by atoms with Crippen LogP contribution in [0, 0.1) is 12.7 Å². The van der Waals surface area contributed by atoms with E-state index in [1.54, 1.807) is 56.6 Å². The number of nitrogens with one attached hydrogen (secondary N) is 1. The van der Waals surface area contributed by atoms with Crippen LogP contribution in [0.4, 0.5) is 4.39 Å². The average Bonchev–Trinajstić information content (AvgIpc) is 3.66. The molecule has 0 amide bonds. The number of aldehydes is 1. The molecular weight excluding hydrogens is 809 g/mol. The Morgan fingerprint density at radius 2 is 1.82 bits per heavy atom. The second-order valence-corrected chi connectivity index (χ2v) is 15.0. The molecule has 3 heterocycles. The number of ether oxygens (including phenoxy) is 3. The number of carboxylic acid groups (broad SMARTS) is 1. The second-order valence-electron chi connectivity index (χ2n) is 13.6. The number of benzene rings is 4. The number of halogens is 2. The van der Waals surface area contributed by atoms with Crippen molar-refractivity contribution in [2.75, 3.05) is 20.3 Å². The van der Waals surface area contributed by atoms with Gasteiger partial charge in [0.15, 0.2) is 12.1 Å². The molecule has 0 bridgehead atoms. The lowest BCUT2D eigenvalue weighted by Crippen LogP contribution is -2.30. The normalized spacial score (nSPS) is 11.7. The van der Waals surface area contributed by atoms with Crippen LogP contribution in [0.1, 0.15) is 39.2 Å². The van der Waals surface area contributed by atoms with Crippen molar-refractivity contribution < 1.29 is 38.4 Å². The molecule has 0 aliphatic rings. The van der Waals surface area contributed by atoms with Gasteiger partial charge < -0.3 is 29.7 Å². The number of para-hydroxylation sites is 1. The summed E-state index contributed by atoms with van der Waals surface area (Å²) in [6.45, 7) is 2.92. The molecule has 4 aromatic carbocycles. The Morgan fingerprint density at radius 3 is 2.58 bits per heavy atom. The fourth-order valence-corrected chi connectivity index (χ4v) is 8.07. The predicted octanol–water partition coefficient (Wildman–Crippen LogP) is 8.53. The van der Waals surface area contributed by atoms with E-state index in [-0.39, 0.29) is 30.5 Å². The van der Waals surface area contributed by atoms with Crippen molar-refractivity contribution in [1.82, 2.24) is 25.3 Å². The lowest BCUT2D eigenvalue weighted by atomic mass is 9.95. The first-order valence-electron chi connectivity index (χ1n) is 18.9. The second kappa shape index (κ2) is 19.2. The highest BCUT2D eigenvalue weighted by Gasteiger charge is 2.28. The molecule has 60 heavy (non-hydrogen) atoms. The molecule has 0 fully saturated rings. The molecular formula is C45H39ClFN5O7S. The minimum Gasteiger partial charge on any atom is -0.496 e. The zero-order valence-corrected chi connectivity index (χ0v) is 34.1. The summed E-state index contributed by atoms with van der Waals surface area (Å²) < 4.78 is 32.3. The van der Waals surface area contributed by atoms with Crippen LogP contribution in [-0.2, 0) is 24.4 Å². The lowest BCUT2D eigenvalue weighted by molar-refractivity contribution is -0.145. The Bertz CT molecular complexity index is 2660. The fourth-order valence-electron chi connectivity index (χ4n) is 6.71. The van der Waals surface area contributed by atoms with Crippen molar-refractivity contribution in [3.8, 4) is 50.3 Å². The van der Waals surface area contributed by atoms with Gasteiger partial charge in [-0.2, -0.15) is 0 Å². The van der Waals surface area contributed by atoms with Gasteiger partial charge >= 0.3 is 5.97 Å². The molecule has 3 N–H and O–H groups in total. The van der Waals surface area contributed by atoms with Crippen molar-refractivity contribution in [3.05, 3.63) is 136 Å². The molecule has 1 atom stereocenters. The van der Waals surface area contributed by atoms with Crippen LogP contribution in [0.15, 0.2) is 97.5 Å². The number of carboxylic acids is 1. The van der Waals surface area contributed by atoms with Crippen molar-refractivity contribution in [2.24, 2.45) is 0 Å². The number of thiophene rings is 1. The highest BCUT2D eigenvalue weighted by atomic mass is 35.5. The van der Waals surface area contributed by atoms with E-state index in [0.717, 1.165) is 11.1 Å². The smallest absolute Gasteiger partial charge is 0.345 e. The Labute approximate surface area is 353 Å². The lowest BCUT2D eigenvalue weighted by Gasteiger charge is -2.19. The van der Waals surface area contributed by atoms with E-state index in [4.69, 9.17) is 30.8 Å². The van der Waals surface area contributed by atoms with Crippen LogP contribution in [0.5, 0.6) is 17.4 Å². The Kier molecular flexibility index (Phi) is 13.4. The summed E-state index contributed by atoms with van der Waals surface area (Å²) in [7, 11) is 1.58. The van der Waals surface area contributed by atoms with E-state index in [2.05, 4.69) is 20.3 Å². The third-order valence-electron chi connectivity index (χ3n) is 9.71. The number of rotatable bonds is 18. The van der Waals surface area contributed by atoms with E-state index in [9.17, 15) is 24.2 Å². The minimum atomic E-state index is -1.46. The number of methoxy groups -OCH3 is 1. The predicted molar refractivity (Wildman–Crippen MR) is 227 cm³/mol. The number of aromatic nitrogens is 4. The van der Waals surface area contributed by atoms with Gasteiger partial charge in [-0.1, -0.05) is 54.1 Å². The summed E-state index contributed by atoms with van der Waals surface area (Å²) in [6.07, 6.45) is 2.61. The average molecular weight is 848 g/mol. The maximum absolute atomic E-state index is 14.1. The Morgan fingerprint density at radius 1 is 1.00 bits per heavy atom. The van der Waals surface area contributed by atoms with Crippen LogP contribution in [0.2, 0.25) is 5.02 Å². The molecule has 0 aliphatic carbocycles. The number of carbonyl (C=O) groups is 2. The molecule has 7 rings (SSSR count). The highest BCUT2D eigenvalue weighted by molar-refractivity contribution is 7.22. The molecule has 7 aromatic rings. The maximum atomic E-state index is 14.1. The van der Waals surface area contributed by atoms with Crippen LogP contribution in [-0.4, -0.2) is 68.8 Å². The Balaban J connectivity index is 1.25. The zero-order chi connectivity index (χ0) is 42.2. The Hall–Kier alpha value is -6.32. The van der Waals surface area contributed by atoms with Gasteiger partial charge in [-0.3, -0.25) is 4.79 Å². The molecule has 0 spiro atoms. The van der Waals surface area contributed by atoms with Crippen LogP contribution in [0.25, 0.3) is 43.2 Å². The number of aliphatic hydroxyl groups excluding tert-OH is 1. The molecule has 0 aliphatic heterocycles. The summed E-state index contributed by atoms with van der Waals surface area (Å²) in [6, 6.07) is 24.0. The van der Waals surface area contributed by atoms with Gasteiger partial charge in [0.05, 0.1) is 28.8 Å². The number of hydrogen-bond acceptors (Lipinski definition) is 12. The van der Waals surface area contributed by atoms with Gasteiger partial charge in [0, 0.05) is 41.8 Å².